The minimum Gasteiger partial charge on any atom is -0.489 e. The Kier molecular flexibility index (Phi) is 10.8. The molecule has 0 aromatic heterocycles. The molecule has 2 unspecified atom stereocenters. The zero-order valence-electron chi connectivity index (χ0n) is 22.2. The Morgan fingerprint density at radius 2 is 1.73 bits per heavy atom. The molecule has 210 valence electrons. The van der Waals surface area contributed by atoms with Crippen molar-refractivity contribution in [1.82, 2.24) is 5.32 Å². The Labute approximate surface area is 247 Å². The van der Waals surface area contributed by atoms with Crippen molar-refractivity contribution >= 4 is 53.2 Å². The van der Waals surface area contributed by atoms with Crippen LogP contribution >= 0.6 is 24.8 Å². The van der Waals surface area contributed by atoms with E-state index in [0.29, 0.717) is 12.1 Å². The fraction of sp³-hybridized carbons (Fsp3) is 0.226. The number of para-hydroxylation sites is 1. The van der Waals surface area contributed by atoms with E-state index in [1.165, 1.54) is 0 Å². The van der Waals surface area contributed by atoms with Crippen LogP contribution in [0.1, 0.15) is 36.1 Å². The number of ether oxygens (including phenoxy) is 2. The molecule has 9 heteroatoms. The van der Waals surface area contributed by atoms with E-state index >= 15 is 0 Å². The molecule has 2 atom stereocenters. The molecule has 1 heterocycles. The van der Waals surface area contributed by atoms with Gasteiger partial charge in [-0.2, -0.15) is 0 Å². The van der Waals surface area contributed by atoms with Crippen LogP contribution in [0.4, 0.5) is 10.5 Å². The van der Waals surface area contributed by atoms with Crippen LogP contribution in [0.25, 0.3) is 10.8 Å². The number of nitrogens with one attached hydrogen (secondary N) is 2. The van der Waals surface area contributed by atoms with Gasteiger partial charge in [-0.05, 0) is 78.2 Å². The topological polar surface area (TPSA) is 101 Å². The highest BCUT2D eigenvalue weighted by Crippen LogP contribution is 2.26. The third-order valence-corrected chi connectivity index (χ3v) is 6.79. The maximum atomic E-state index is 13.5. The molecule has 0 radical (unpaired) electrons. The van der Waals surface area contributed by atoms with Crippen LogP contribution < -0.4 is 20.7 Å². The van der Waals surface area contributed by atoms with Gasteiger partial charge >= 0.3 is 6.09 Å². The van der Waals surface area contributed by atoms with Crippen LogP contribution in [-0.4, -0.2) is 31.1 Å². The molecule has 1 aliphatic rings. The van der Waals surface area contributed by atoms with Crippen molar-refractivity contribution in [3.05, 3.63) is 108 Å². The van der Waals surface area contributed by atoms with Gasteiger partial charge in [0.15, 0.2) is 0 Å². The number of anilines is 1. The molecule has 4 N–H and O–H groups in total. The minimum absolute atomic E-state index is 0. The molecule has 1 aliphatic heterocycles. The third-order valence-electron chi connectivity index (χ3n) is 6.79. The Hall–Kier alpha value is -3.78. The van der Waals surface area contributed by atoms with Crippen molar-refractivity contribution < 1.29 is 14.3 Å². The van der Waals surface area contributed by atoms with Crippen LogP contribution in [0.5, 0.6) is 5.75 Å². The van der Waals surface area contributed by atoms with Gasteiger partial charge in [0.25, 0.3) is 0 Å². The number of rotatable bonds is 8. The molecule has 4 aromatic rings. The van der Waals surface area contributed by atoms with Gasteiger partial charge < -0.3 is 20.5 Å². The lowest BCUT2D eigenvalue weighted by Crippen LogP contribution is -2.31. The SMILES string of the molecule is CC(OC(=O)N(Cc1ccc2ccc(C(=N)N)cc2c1)c1ccccc1)c1ccc(OC2CCNC2)cc1.Cl.Cl. The van der Waals surface area contributed by atoms with Gasteiger partial charge in [-0.1, -0.05) is 54.6 Å². The smallest absolute Gasteiger partial charge is 0.415 e. The molecule has 0 aliphatic carbocycles. The number of carbonyl (C=O) groups excluding carboxylic acids is 1. The van der Waals surface area contributed by atoms with E-state index < -0.39 is 12.2 Å². The average molecular weight is 582 g/mol. The first kappa shape index (κ1) is 30.8. The van der Waals surface area contributed by atoms with Crippen LogP contribution in [0.3, 0.4) is 0 Å². The molecule has 0 bridgehead atoms. The van der Waals surface area contributed by atoms with E-state index in [4.69, 9.17) is 20.6 Å². The van der Waals surface area contributed by atoms with Gasteiger partial charge in [0, 0.05) is 17.8 Å². The number of amides is 1. The number of amidine groups is 1. The molecule has 5 rings (SSSR count). The first-order valence-corrected chi connectivity index (χ1v) is 12.8. The van der Waals surface area contributed by atoms with Crippen LogP contribution in [0.15, 0.2) is 91.0 Å². The van der Waals surface area contributed by atoms with Gasteiger partial charge in [0.2, 0.25) is 0 Å². The molecular weight excluding hydrogens is 547 g/mol. The van der Waals surface area contributed by atoms with Gasteiger partial charge in [-0.25, -0.2) is 4.79 Å². The molecule has 0 saturated carbocycles. The summed E-state index contributed by atoms with van der Waals surface area (Å²) in [6, 6.07) is 29.0. The van der Waals surface area contributed by atoms with E-state index in [1.54, 1.807) is 4.90 Å². The van der Waals surface area contributed by atoms with E-state index in [1.807, 2.05) is 97.9 Å². The van der Waals surface area contributed by atoms with Gasteiger partial charge in [-0.3, -0.25) is 10.3 Å². The molecular formula is C31H34Cl2N4O3. The molecule has 7 nitrogen and oxygen atoms in total. The Morgan fingerprint density at radius 3 is 2.40 bits per heavy atom. The molecule has 1 saturated heterocycles. The summed E-state index contributed by atoms with van der Waals surface area (Å²) in [5.41, 5.74) is 8.93. The lowest BCUT2D eigenvalue weighted by Gasteiger charge is -2.25. The summed E-state index contributed by atoms with van der Waals surface area (Å²) < 4.78 is 11.9. The highest BCUT2D eigenvalue weighted by atomic mass is 35.5. The van der Waals surface area contributed by atoms with Crippen molar-refractivity contribution in [3.8, 4) is 5.75 Å². The number of nitrogen functional groups attached to an aromatic ring is 1. The van der Waals surface area contributed by atoms with E-state index in [2.05, 4.69) is 5.32 Å². The zero-order valence-corrected chi connectivity index (χ0v) is 23.8. The highest BCUT2D eigenvalue weighted by Gasteiger charge is 2.22. The number of nitrogens with two attached hydrogens (primary N) is 1. The number of fused-ring (bicyclic) bond motifs is 1. The molecule has 0 spiro atoms. The Bertz CT molecular complexity index is 1430. The normalized spacial score (nSPS) is 14.9. The number of nitrogens with zero attached hydrogens (tertiary/aromatic N) is 1. The number of hydrogen-bond donors (Lipinski definition) is 3. The fourth-order valence-electron chi connectivity index (χ4n) is 4.64. The molecule has 4 aromatic carbocycles. The number of hydrogen-bond acceptors (Lipinski definition) is 5. The van der Waals surface area contributed by atoms with Crippen LogP contribution in [-0.2, 0) is 11.3 Å². The first-order chi connectivity index (χ1) is 18.5. The number of carbonyl (C=O) groups is 1. The summed E-state index contributed by atoms with van der Waals surface area (Å²) in [6.07, 6.45) is 0.323. The van der Waals surface area contributed by atoms with E-state index in [0.717, 1.165) is 52.8 Å². The Morgan fingerprint density at radius 1 is 1.00 bits per heavy atom. The monoisotopic (exact) mass is 580 g/mol. The Balaban J connectivity index is 0.00000220. The zero-order chi connectivity index (χ0) is 26.5. The second-order valence-corrected chi connectivity index (χ2v) is 9.56. The standard InChI is InChI=1S/C31H32N4O3.2ClH/c1-21(23-11-13-28(14-12-23)38-29-15-16-34-19-29)37-31(36)35(27-5-3-2-4-6-27)20-22-7-8-24-9-10-25(30(32)33)18-26(24)17-22;;/h2-14,17-18,21,29,34H,15-16,19-20H2,1H3,(H3,32,33);2*1H. The molecule has 1 amide bonds. The number of benzene rings is 4. The molecule has 40 heavy (non-hydrogen) atoms. The lowest BCUT2D eigenvalue weighted by atomic mass is 10.0. The first-order valence-electron chi connectivity index (χ1n) is 12.8. The predicted molar refractivity (Wildman–Crippen MR) is 165 cm³/mol. The van der Waals surface area contributed by atoms with Crippen molar-refractivity contribution in [2.45, 2.75) is 32.1 Å². The van der Waals surface area contributed by atoms with Gasteiger partial charge in [-0.15, -0.1) is 24.8 Å². The number of halogens is 2. The van der Waals surface area contributed by atoms with Gasteiger partial charge in [0.1, 0.15) is 23.8 Å². The van der Waals surface area contributed by atoms with Crippen LogP contribution in [0, 0.1) is 5.41 Å². The maximum Gasteiger partial charge on any atom is 0.415 e. The van der Waals surface area contributed by atoms with E-state index in [9.17, 15) is 4.79 Å². The van der Waals surface area contributed by atoms with Gasteiger partial charge in [0.05, 0.1) is 6.54 Å². The summed E-state index contributed by atoms with van der Waals surface area (Å²) in [4.78, 5) is 15.1. The second-order valence-electron chi connectivity index (χ2n) is 9.56. The summed E-state index contributed by atoms with van der Waals surface area (Å²) in [7, 11) is 0. The quantitative estimate of drug-likeness (QED) is 0.161. The van der Waals surface area contributed by atoms with Crippen LogP contribution in [0.2, 0.25) is 0 Å². The minimum atomic E-state index is -0.439. The lowest BCUT2D eigenvalue weighted by molar-refractivity contribution is 0.113. The summed E-state index contributed by atoms with van der Waals surface area (Å²) in [5, 5.41) is 13.0. The van der Waals surface area contributed by atoms with E-state index in [-0.39, 0.29) is 36.8 Å². The van der Waals surface area contributed by atoms with Crippen molar-refractivity contribution in [1.29, 1.82) is 5.41 Å². The molecule has 1 fully saturated rings. The van der Waals surface area contributed by atoms with Crippen molar-refractivity contribution in [2.24, 2.45) is 5.73 Å². The van der Waals surface area contributed by atoms with Crippen molar-refractivity contribution in [2.75, 3.05) is 18.0 Å². The highest BCUT2D eigenvalue weighted by molar-refractivity contribution is 5.99. The summed E-state index contributed by atoms with van der Waals surface area (Å²) >= 11 is 0. The third kappa shape index (κ3) is 7.45. The van der Waals surface area contributed by atoms with Crippen molar-refractivity contribution in [3.63, 3.8) is 0 Å². The predicted octanol–water partition coefficient (Wildman–Crippen LogP) is 6.61. The second kappa shape index (κ2) is 14.0. The largest absolute Gasteiger partial charge is 0.489 e. The maximum absolute atomic E-state index is 13.5. The summed E-state index contributed by atoms with van der Waals surface area (Å²) in [6.45, 7) is 4.04. The fourth-order valence-corrected chi connectivity index (χ4v) is 4.64. The average Bonchev–Trinajstić information content (AvgIpc) is 3.45. The summed E-state index contributed by atoms with van der Waals surface area (Å²) in [5.74, 6) is 0.840.